The van der Waals surface area contributed by atoms with Gasteiger partial charge in [-0.1, -0.05) is 37.0 Å². The summed E-state index contributed by atoms with van der Waals surface area (Å²) in [7, 11) is 2.64. The minimum atomic E-state index is -0.444. The van der Waals surface area contributed by atoms with Crippen LogP contribution in [-0.2, 0) is 25.6 Å². The molecule has 1 saturated carbocycles. The highest BCUT2D eigenvalue weighted by atomic mass is 32.1. The van der Waals surface area contributed by atoms with Crippen molar-refractivity contribution in [3.05, 3.63) is 28.6 Å². The minimum absolute atomic E-state index is 0.0528. The Morgan fingerprint density at radius 1 is 1.18 bits per heavy atom. The van der Waals surface area contributed by atoms with Gasteiger partial charge in [-0.2, -0.15) is 4.99 Å². The molecule has 3 rings (SSSR count). The Bertz CT molecular complexity index is 953. The average molecular weight is 404 g/mol. The molecule has 8 heteroatoms. The van der Waals surface area contributed by atoms with Crippen molar-refractivity contribution in [2.75, 3.05) is 14.2 Å². The molecule has 0 N–H and O–H groups in total. The maximum Gasteiger partial charge on any atom is 0.337 e. The quantitative estimate of drug-likeness (QED) is 0.691. The second-order valence-corrected chi connectivity index (χ2v) is 7.92. The molecule has 28 heavy (non-hydrogen) atoms. The van der Waals surface area contributed by atoms with E-state index >= 15 is 0 Å². The summed E-state index contributed by atoms with van der Waals surface area (Å²) in [6.45, 7) is -0.0528. The maximum absolute atomic E-state index is 12.4. The summed E-state index contributed by atoms with van der Waals surface area (Å²) in [6, 6.07) is 5.03. The molecule has 0 atom stereocenters. The molecule has 7 nitrogen and oxygen atoms in total. The highest BCUT2D eigenvalue weighted by molar-refractivity contribution is 7.16. The molecule has 1 aliphatic carbocycles. The molecule has 1 aromatic carbocycles. The van der Waals surface area contributed by atoms with E-state index in [0.29, 0.717) is 28.2 Å². The highest BCUT2D eigenvalue weighted by Crippen LogP contribution is 2.28. The number of thiazole rings is 1. The summed E-state index contributed by atoms with van der Waals surface area (Å²) >= 11 is 1.26. The molecular weight excluding hydrogens is 380 g/mol. The number of benzene rings is 1. The number of ether oxygens (including phenoxy) is 2. The van der Waals surface area contributed by atoms with E-state index in [4.69, 9.17) is 9.47 Å². The van der Waals surface area contributed by atoms with Gasteiger partial charge in [-0.25, -0.2) is 4.79 Å². The van der Waals surface area contributed by atoms with Crippen molar-refractivity contribution in [3.8, 4) is 0 Å². The Morgan fingerprint density at radius 3 is 2.61 bits per heavy atom. The second kappa shape index (κ2) is 9.14. The molecule has 0 radical (unpaired) electrons. The number of hydrogen-bond donors (Lipinski definition) is 0. The van der Waals surface area contributed by atoms with Gasteiger partial charge >= 0.3 is 11.9 Å². The summed E-state index contributed by atoms with van der Waals surface area (Å²) in [5, 5.41) is 0. The fraction of sp³-hybridized carbons (Fsp3) is 0.500. The van der Waals surface area contributed by atoms with Crippen molar-refractivity contribution in [3.63, 3.8) is 0 Å². The Hall–Kier alpha value is -2.48. The van der Waals surface area contributed by atoms with Crippen LogP contribution in [0.1, 0.15) is 48.9 Å². The van der Waals surface area contributed by atoms with E-state index in [1.54, 1.807) is 22.8 Å². The van der Waals surface area contributed by atoms with Crippen molar-refractivity contribution >= 4 is 39.4 Å². The third-order valence-electron chi connectivity index (χ3n) is 5.08. The van der Waals surface area contributed by atoms with Crippen LogP contribution in [0.3, 0.4) is 0 Å². The number of aromatic nitrogens is 1. The fourth-order valence-electron chi connectivity index (χ4n) is 3.54. The number of methoxy groups -OCH3 is 2. The van der Waals surface area contributed by atoms with Crippen molar-refractivity contribution in [2.24, 2.45) is 10.9 Å². The zero-order valence-corrected chi connectivity index (χ0v) is 16.9. The third kappa shape index (κ3) is 4.67. The molecule has 1 aliphatic rings. The standard InChI is InChI=1S/C20H24N2O5S/c1-26-18(24)12-22-15-9-8-14(19(25)27-2)11-16(15)28-20(22)21-17(23)10-7-13-5-3-4-6-13/h8-9,11,13H,3-7,10,12H2,1-2H3. The number of carbonyl (C=O) groups excluding carboxylic acids is 3. The molecular formula is C20H24N2O5S. The Labute approximate surface area is 167 Å². The molecule has 0 saturated heterocycles. The van der Waals surface area contributed by atoms with E-state index in [1.807, 2.05) is 0 Å². The number of amides is 1. The molecule has 0 unspecified atom stereocenters. The lowest BCUT2D eigenvalue weighted by atomic mass is 10.0. The second-order valence-electron chi connectivity index (χ2n) is 6.92. The van der Waals surface area contributed by atoms with Crippen LogP contribution in [0.5, 0.6) is 0 Å². The molecule has 0 aliphatic heterocycles. The normalized spacial score (nSPS) is 15.1. The van der Waals surface area contributed by atoms with E-state index in [2.05, 4.69) is 4.99 Å². The minimum Gasteiger partial charge on any atom is -0.468 e. The molecule has 2 aromatic rings. The summed E-state index contributed by atoms with van der Waals surface area (Å²) in [4.78, 5) is 40.7. The lowest BCUT2D eigenvalue weighted by molar-refractivity contribution is -0.141. The van der Waals surface area contributed by atoms with E-state index in [1.165, 1.54) is 51.2 Å². The van der Waals surface area contributed by atoms with Gasteiger partial charge in [-0.05, 0) is 30.5 Å². The Kier molecular flexibility index (Phi) is 6.61. The van der Waals surface area contributed by atoms with E-state index < -0.39 is 11.9 Å². The van der Waals surface area contributed by atoms with Crippen LogP contribution in [0.4, 0.5) is 0 Å². The predicted molar refractivity (Wildman–Crippen MR) is 105 cm³/mol. The van der Waals surface area contributed by atoms with Crippen LogP contribution in [-0.4, -0.2) is 36.6 Å². The van der Waals surface area contributed by atoms with Crippen LogP contribution >= 0.6 is 11.3 Å². The van der Waals surface area contributed by atoms with Gasteiger partial charge in [0.1, 0.15) is 6.54 Å². The molecule has 1 aromatic heterocycles. The van der Waals surface area contributed by atoms with Gasteiger partial charge in [0, 0.05) is 6.42 Å². The molecule has 0 bridgehead atoms. The van der Waals surface area contributed by atoms with Gasteiger partial charge in [0.15, 0.2) is 4.80 Å². The number of nitrogens with zero attached hydrogens (tertiary/aromatic N) is 2. The van der Waals surface area contributed by atoms with E-state index in [9.17, 15) is 14.4 Å². The first-order chi connectivity index (χ1) is 13.5. The van der Waals surface area contributed by atoms with Gasteiger partial charge in [0.2, 0.25) is 5.91 Å². The van der Waals surface area contributed by atoms with Crippen LogP contribution in [0.15, 0.2) is 23.2 Å². The maximum atomic E-state index is 12.4. The smallest absolute Gasteiger partial charge is 0.337 e. The van der Waals surface area contributed by atoms with Gasteiger partial charge in [0.25, 0.3) is 0 Å². The first-order valence-electron chi connectivity index (χ1n) is 9.38. The van der Waals surface area contributed by atoms with Gasteiger partial charge in [-0.3, -0.25) is 9.59 Å². The summed E-state index contributed by atoms with van der Waals surface area (Å²) in [5.74, 6) is -0.450. The number of carbonyl (C=O) groups is 3. The first-order valence-corrected chi connectivity index (χ1v) is 10.2. The third-order valence-corrected chi connectivity index (χ3v) is 6.12. The Balaban J connectivity index is 1.93. The number of rotatable bonds is 6. The molecule has 0 spiro atoms. The van der Waals surface area contributed by atoms with Crippen LogP contribution < -0.4 is 4.80 Å². The van der Waals surface area contributed by atoms with Gasteiger partial charge in [-0.15, -0.1) is 0 Å². The molecule has 1 heterocycles. The first kappa shape index (κ1) is 20.3. The lowest BCUT2D eigenvalue weighted by Gasteiger charge is -2.06. The average Bonchev–Trinajstić information content (AvgIpc) is 3.33. The number of fused-ring (bicyclic) bond motifs is 1. The van der Waals surface area contributed by atoms with Crippen molar-refractivity contribution in [2.45, 2.75) is 45.1 Å². The predicted octanol–water partition coefficient (Wildman–Crippen LogP) is 3.06. The fourth-order valence-corrected chi connectivity index (χ4v) is 4.62. The molecule has 150 valence electrons. The van der Waals surface area contributed by atoms with Crippen LogP contribution in [0.2, 0.25) is 0 Å². The highest BCUT2D eigenvalue weighted by Gasteiger charge is 2.17. The summed E-state index contributed by atoms with van der Waals surface area (Å²) in [6.07, 6.45) is 6.13. The van der Waals surface area contributed by atoms with Crippen molar-refractivity contribution in [1.82, 2.24) is 4.57 Å². The summed E-state index contributed by atoms with van der Waals surface area (Å²) in [5.41, 5.74) is 1.12. The monoisotopic (exact) mass is 404 g/mol. The van der Waals surface area contributed by atoms with Crippen LogP contribution in [0, 0.1) is 5.92 Å². The number of esters is 2. The number of hydrogen-bond acceptors (Lipinski definition) is 6. The Morgan fingerprint density at radius 2 is 1.93 bits per heavy atom. The van der Waals surface area contributed by atoms with E-state index in [0.717, 1.165) is 11.1 Å². The molecule has 1 amide bonds. The SMILES string of the molecule is COC(=O)Cn1c(=NC(=O)CCC2CCCC2)sc2cc(C(=O)OC)ccc21. The topological polar surface area (TPSA) is 87.0 Å². The van der Waals surface area contributed by atoms with E-state index in [-0.39, 0.29) is 12.5 Å². The van der Waals surface area contributed by atoms with Gasteiger partial charge in [0.05, 0.1) is 30.0 Å². The largest absolute Gasteiger partial charge is 0.468 e. The zero-order chi connectivity index (χ0) is 20.1. The lowest BCUT2D eigenvalue weighted by Crippen LogP contribution is -2.22. The van der Waals surface area contributed by atoms with Gasteiger partial charge < -0.3 is 14.0 Å². The van der Waals surface area contributed by atoms with Crippen LogP contribution in [0.25, 0.3) is 10.2 Å². The summed E-state index contributed by atoms with van der Waals surface area (Å²) < 4.78 is 11.9. The van der Waals surface area contributed by atoms with Crippen molar-refractivity contribution < 1.29 is 23.9 Å². The van der Waals surface area contributed by atoms with Crippen molar-refractivity contribution in [1.29, 1.82) is 0 Å². The zero-order valence-electron chi connectivity index (χ0n) is 16.1. The molecule has 1 fully saturated rings.